The quantitative estimate of drug-likeness (QED) is 0.813. The van der Waals surface area contributed by atoms with E-state index in [9.17, 15) is 0 Å². The fourth-order valence-electron chi connectivity index (χ4n) is 3.95. The molecule has 2 aliphatic heterocycles. The van der Waals surface area contributed by atoms with E-state index in [1.807, 2.05) is 18.2 Å². The van der Waals surface area contributed by atoms with E-state index in [0.29, 0.717) is 6.61 Å². The molecule has 0 fully saturated rings. The Morgan fingerprint density at radius 3 is 2.50 bits per heavy atom. The molecule has 3 heteroatoms. The third-order valence-electron chi connectivity index (χ3n) is 5.72. The van der Waals surface area contributed by atoms with Crippen molar-refractivity contribution in [3.05, 3.63) is 65.7 Å². The fourth-order valence-corrected chi connectivity index (χ4v) is 3.95. The van der Waals surface area contributed by atoms with E-state index < -0.39 is 0 Å². The Bertz CT molecular complexity index is 781. The summed E-state index contributed by atoms with van der Waals surface area (Å²) in [6.45, 7) is 8.34. The van der Waals surface area contributed by atoms with Gasteiger partial charge in [-0.15, -0.1) is 0 Å². The number of ether oxygens (including phenoxy) is 1. The van der Waals surface area contributed by atoms with E-state index in [1.165, 1.54) is 16.8 Å². The van der Waals surface area contributed by atoms with Crippen LogP contribution < -0.4 is 4.90 Å². The predicted molar refractivity (Wildman–Crippen MR) is 98.5 cm³/mol. The molecule has 0 saturated heterocycles. The van der Waals surface area contributed by atoms with Crippen molar-refractivity contribution in [1.29, 1.82) is 0 Å². The van der Waals surface area contributed by atoms with Crippen LogP contribution in [-0.2, 0) is 16.8 Å². The molecule has 1 unspecified atom stereocenters. The van der Waals surface area contributed by atoms with Crippen LogP contribution in [0.4, 0.5) is 5.69 Å². The van der Waals surface area contributed by atoms with Crippen molar-refractivity contribution >= 4 is 11.6 Å². The third-order valence-corrected chi connectivity index (χ3v) is 5.72. The predicted octanol–water partition coefficient (Wildman–Crippen LogP) is 4.52. The number of nitrogens with zero attached hydrogens (tertiary/aromatic N) is 2. The zero-order chi connectivity index (χ0) is 16.8. The van der Waals surface area contributed by atoms with Crippen molar-refractivity contribution in [2.75, 3.05) is 11.4 Å². The largest absolute Gasteiger partial charge is 0.476 e. The van der Waals surface area contributed by atoms with E-state index in [2.05, 4.69) is 62.1 Å². The average Bonchev–Trinajstić information content (AvgIpc) is 2.78. The number of anilines is 1. The molecular formula is C21H24N2O. The highest BCUT2D eigenvalue weighted by atomic mass is 16.5. The molecule has 3 nitrogen and oxygen atoms in total. The lowest BCUT2D eigenvalue weighted by Gasteiger charge is -2.44. The van der Waals surface area contributed by atoms with Crippen molar-refractivity contribution < 1.29 is 4.74 Å². The van der Waals surface area contributed by atoms with Crippen LogP contribution in [0.15, 0.2) is 59.6 Å². The van der Waals surface area contributed by atoms with Gasteiger partial charge in [0.15, 0.2) is 5.90 Å². The van der Waals surface area contributed by atoms with Crippen molar-refractivity contribution in [2.24, 2.45) is 4.99 Å². The molecule has 2 aliphatic rings. The van der Waals surface area contributed by atoms with Crippen molar-refractivity contribution in [3.63, 3.8) is 0 Å². The van der Waals surface area contributed by atoms with Crippen LogP contribution in [0.25, 0.3) is 0 Å². The minimum absolute atomic E-state index is 0.0502. The van der Waals surface area contributed by atoms with Gasteiger partial charge in [-0.25, -0.2) is 4.99 Å². The first-order valence-corrected chi connectivity index (χ1v) is 8.65. The molecule has 0 amide bonds. The second kappa shape index (κ2) is 5.37. The van der Waals surface area contributed by atoms with E-state index in [1.54, 1.807) is 0 Å². The summed E-state index contributed by atoms with van der Waals surface area (Å²) in [5.41, 5.74) is 3.53. The van der Waals surface area contributed by atoms with Crippen LogP contribution in [0.3, 0.4) is 0 Å². The molecule has 1 atom stereocenters. The standard InChI is InChI=1S/C21H24N2O/c1-20(2)17-11-7-8-12-18(17)23-14-13-19(22-21(20,23)3)24-15-16-9-5-4-6-10-16/h4-12H,13-15H2,1-3H3. The Morgan fingerprint density at radius 1 is 1.00 bits per heavy atom. The van der Waals surface area contributed by atoms with Gasteiger partial charge >= 0.3 is 0 Å². The molecule has 2 aromatic carbocycles. The Balaban J connectivity index is 1.63. The molecule has 0 N–H and O–H groups in total. The van der Waals surface area contributed by atoms with Crippen molar-refractivity contribution in [2.45, 2.75) is 44.9 Å². The van der Waals surface area contributed by atoms with Crippen molar-refractivity contribution in [1.82, 2.24) is 0 Å². The highest BCUT2D eigenvalue weighted by Crippen LogP contribution is 2.53. The lowest BCUT2D eigenvalue weighted by Crippen LogP contribution is -2.55. The fraction of sp³-hybridized carbons (Fsp3) is 0.381. The lowest BCUT2D eigenvalue weighted by molar-refractivity contribution is 0.237. The second-order valence-electron chi connectivity index (χ2n) is 7.34. The van der Waals surface area contributed by atoms with Crippen LogP contribution >= 0.6 is 0 Å². The summed E-state index contributed by atoms with van der Waals surface area (Å²) >= 11 is 0. The van der Waals surface area contributed by atoms with Gasteiger partial charge in [-0.05, 0) is 24.1 Å². The maximum atomic E-state index is 6.06. The smallest absolute Gasteiger partial charge is 0.187 e. The number of rotatable bonds is 2. The first-order chi connectivity index (χ1) is 11.5. The molecule has 24 heavy (non-hydrogen) atoms. The number of benzene rings is 2. The van der Waals surface area contributed by atoms with Gasteiger partial charge in [0.1, 0.15) is 12.3 Å². The van der Waals surface area contributed by atoms with Gasteiger partial charge in [-0.2, -0.15) is 0 Å². The van der Waals surface area contributed by atoms with Crippen LogP contribution in [0, 0.1) is 0 Å². The minimum atomic E-state index is -0.291. The van der Waals surface area contributed by atoms with E-state index >= 15 is 0 Å². The summed E-state index contributed by atoms with van der Waals surface area (Å²) in [5.74, 6) is 0.874. The maximum Gasteiger partial charge on any atom is 0.187 e. The highest BCUT2D eigenvalue weighted by Gasteiger charge is 2.55. The summed E-state index contributed by atoms with van der Waals surface area (Å²) < 4.78 is 6.06. The second-order valence-corrected chi connectivity index (χ2v) is 7.34. The van der Waals surface area contributed by atoms with Gasteiger partial charge in [0.2, 0.25) is 0 Å². The van der Waals surface area contributed by atoms with Gasteiger partial charge in [0.25, 0.3) is 0 Å². The molecule has 0 spiro atoms. The highest BCUT2D eigenvalue weighted by molar-refractivity contribution is 5.81. The van der Waals surface area contributed by atoms with Crippen LogP contribution in [0.2, 0.25) is 0 Å². The summed E-state index contributed by atoms with van der Waals surface area (Å²) in [4.78, 5) is 7.52. The molecule has 4 rings (SSSR count). The summed E-state index contributed by atoms with van der Waals surface area (Å²) in [7, 11) is 0. The van der Waals surface area contributed by atoms with Gasteiger partial charge in [0.05, 0.1) is 0 Å². The summed E-state index contributed by atoms with van der Waals surface area (Å²) in [6, 6.07) is 19.0. The number of hydrogen-bond donors (Lipinski definition) is 0. The topological polar surface area (TPSA) is 24.8 Å². The molecule has 0 radical (unpaired) electrons. The Morgan fingerprint density at radius 2 is 1.71 bits per heavy atom. The van der Waals surface area contributed by atoms with Gasteiger partial charge in [0, 0.05) is 24.1 Å². The monoisotopic (exact) mass is 320 g/mol. The molecule has 2 heterocycles. The van der Waals surface area contributed by atoms with Crippen LogP contribution in [0.1, 0.15) is 38.3 Å². The number of hydrogen-bond acceptors (Lipinski definition) is 3. The molecule has 0 bridgehead atoms. The maximum absolute atomic E-state index is 6.06. The molecule has 0 saturated carbocycles. The SMILES string of the molecule is CC1(C)c2ccccc2N2CCC(OCc3ccccc3)=NC21C. The normalized spacial score (nSPS) is 24.1. The molecule has 0 aromatic heterocycles. The number of fused-ring (bicyclic) bond motifs is 3. The Hall–Kier alpha value is -2.29. The molecule has 2 aromatic rings. The molecule has 0 aliphatic carbocycles. The lowest BCUT2D eigenvalue weighted by atomic mass is 9.76. The number of aliphatic imine (C=N–C) groups is 1. The average molecular weight is 320 g/mol. The zero-order valence-corrected chi connectivity index (χ0v) is 14.6. The van der Waals surface area contributed by atoms with E-state index in [4.69, 9.17) is 9.73 Å². The summed E-state index contributed by atoms with van der Waals surface area (Å²) in [5, 5.41) is 0. The first-order valence-electron chi connectivity index (χ1n) is 8.65. The number of para-hydroxylation sites is 1. The van der Waals surface area contributed by atoms with Gasteiger partial charge < -0.3 is 9.64 Å². The van der Waals surface area contributed by atoms with Gasteiger partial charge in [-0.3, -0.25) is 0 Å². The van der Waals surface area contributed by atoms with Crippen molar-refractivity contribution in [3.8, 4) is 0 Å². The van der Waals surface area contributed by atoms with E-state index in [-0.39, 0.29) is 11.1 Å². The third kappa shape index (κ3) is 2.15. The van der Waals surface area contributed by atoms with Gasteiger partial charge in [-0.1, -0.05) is 62.4 Å². The van der Waals surface area contributed by atoms with Crippen LogP contribution in [-0.4, -0.2) is 18.1 Å². The first kappa shape index (κ1) is 15.3. The summed E-state index contributed by atoms with van der Waals surface area (Å²) in [6.07, 6.45) is 0.854. The molecular weight excluding hydrogens is 296 g/mol. The molecule has 124 valence electrons. The zero-order valence-electron chi connectivity index (χ0n) is 14.6. The Kier molecular flexibility index (Phi) is 3.41. The van der Waals surface area contributed by atoms with E-state index in [0.717, 1.165) is 18.9 Å². The van der Waals surface area contributed by atoms with Crippen LogP contribution in [0.5, 0.6) is 0 Å². The Labute approximate surface area is 144 Å². The minimum Gasteiger partial charge on any atom is -0.476 e.